The minimum atomic E-state index is 0.255. The number of hydrogen-bond acceptors (Lipinski definition) is 8. The Morgan fingerprint density at radius 1 is 1.18 bits per heavy atom. The molecule has 1 aliphatic rings. The highest BCUT2D eigenvalue weighted by Crippen LogP contribution is 2.33. The van der Waals surface area contributed by atoms with E-state index < -0.39 is 0 Å². The van der Waals surface area contributed by atoms with Crippen molar-refractivity contribution in [3.8, 4) is 17.2 Å². The fraction of sp³-hybridized carbons (Fsp3) is 0.211. The lowest BCUT2D eigenvalue weighted by Crippen LogP contribution is -2.06. The van der Waals surface area contributed by atoms with Crippen molar-refractivity contribution in [3.05, 3.63) is 52.7 Å². The van der Waals surface area contributed by atoms with Crippen LogP contribution >= 0.6 is 11.6 Å². The summed E-state index contributed by atoms with van der Waals surface area (Å²) in [5.41, 5.74) is 2.65. The molecule has 0 atom stereocenters. The van der Waals surface area contributed by atoms with Gasteiger partial charge in [0.15, 0.2) is 17.3 Å². The molecule has 2 heterocycles. The van der Waals surface area contributed by atoms with Crippen molar-refractivity contribution in [2.75, 3.05) is 24.5 Å². The summed E-state index contributed by atoms with van der Waals surface area (Å²) in [6.07, 6.45) is 1.56. The molecule has 0 fully saturated rings. The molecule has 9 heteroatoms. The third-order valence-electron chi connectivity index (χ3n) is 4.20. The summed E-state index contributed by atoms with van der Waals surface area (Å²) in [5.74, 6) is 3.02. The average Bonchev–Trinajstić information content (AvgIpc) is 3.17. The van der Waals surface area contributed by atoms with Gasteiger partial charge in [-0.25, -0.2) is 0 Å². The number of aromatic nitrogens is 3. The number of halogens is 1. The summed E-state index contributed by atoms with van der Waals surface area (Å²) in [4.78, 5) is 4.44. The molecular formula is C19H18ClN5O3. The first-order valence-corrected chi connectivity index (χ1v) is 8.93. The molecule has 0 amide bonds. The molecule has 3 aromatic rings. The lowest BCUT2D eigenvalue weighted by atomic mass is 10.2. The lowest BCUT2D eigenvalue weighted by molar-refractivity contribution is 0.174. The predicted molar refractivity (Wildman–Crippen MR) is 106 cm³/mol. The number of ether oxygens (including phenoxy) is 3. The SMILES string of the molecule is COc1cc(Cl)c(C)cc1Nc1nncc(NCc2ccc3c(c2)OCO3)n1. The molecular weight excluding hydrogens is 382 g/mol. The zero-order valence-electron chi connectivity index (χ0n) is 15.3. The first-order chi connectivity index (χ1) is 13.6. The third kappa shape index (κ3) is 3.86. The fourth-order valence-electron chi connectivity index (χ4n) is 2.74. The van der Waals surface area contributed by atoms with Crippen LogP contribution in [0.15, 0.2) is 36.5 Å². The summed E-state index contributed by atoms with van der Waals surface area (Å²) in [6, 6.07) is 9.41. The van der Waals surface area contributed by atoms with Crippen LogP contribution in [0.25, 0.3) is 0 Å². The fourth-order valence-corrected chi connectivity index (χ4v) is 2.89. The van der Waals surface area contributed by atoms with Crippen LogP contribution in [0.2, 0.25) is 5.02 Å². The first kappa shape index (κ1) is 18.1. The molecule has 28 heavy (non-hydrogen) atoms. The van der Waals surface area contributed by atoms with E-state index in [1.807, 2.05) is 31.2 Å². The van der Waals surface area contributed by atoms with E-state index in [0.29, 0.717) is 34.8 Å². The van der Waals surface area contributed by atoms with Crippen LogP contribution in [0, 0.1) is 6.92 Å². The molecule has 1 aromatic heterocycles. The Bertz CT molecular complexity index is 1010. The highest BCUT2D eigenvalue weighted by molar-refractivity contribution is 6.31. The summed E-state index contributed by atoms with van der Waals surface area (Å²) in [6.45, 7) is 2.72. The predicted octanol–water partition coefficient (Wildman–Crippen LogP) is 3.93. The quantitative estimate of drug-likeness (QED) is 0.644. The molecule has 1 aliphatic heterocycles. The Morgan fingerprint density at radius 2 is 2.04 bits per heavy atom. The molecule has 0 spiro atoms. The molecule has 2 aromatic carbocycles. The monoisotopic (exact) mass is 399 g/mol. The number of methoxy groups -OCH3 is 1. The average molecular weight is 400 g/mol. The second-order valence-electron chi connectivity index (χ2n) is 6.13. The lowest BCUT2D eigenvalue weighted by Gasteiger charge is -2.12. The molecule has 8 nitrogen and oxygen atoms in total. The van der Waals surface area contributed by atoms with Crippen molar-refractivity contribution in [1.29, 1.82) is 0 Å². The molecule has 0 saturated carbocycles. The highest BCUT2D eigenvalue weighted by atomic mass is 35.5. The van der Waals surface area contributed by atoms with Gasteiger partial charge in [-0.2, -0.15) is 10.1 Å². The Hall–Kier alpha value is -3.26. The Morgan fingerprint density at radius 3 is 2.89 bits per heavy atom. The summed E-state index contributed by atoms with van der Waals surface area (Å²) in [7, 11) is 1.58. The largest absolute Gasteiger partial charge is 0.495 e. The van der Waals surface area contributed by atoms with E-state index in [1.165, 1.54) is 0 Å². The molecule has 0 aliphatic carbocycles. The molecule has 2 N–H and O–H groups in total. The van der Waals surface area contributed by atoms with E-state index in [1.54, 1.807) is 19.4 Å². The van der Waals surface area contributed by atoms with Gasteiger partial charge in [0.05, 0.1) is 19.0 Å². The van der Waals surface area contributed by atoms with E-state index in [2.05, 4.69) is 25.8 Å². The van der Waals surface area contributed by atoms with Crippen molar-refractivity contribution >= 4 is 29.1 Å². The van der Waals surface area contributed by atoms with Crippen molar-refractivity contribution in [2.45, 2.75) is 13.5 Å². The maximum atomic E-state index is 6.15. The van der Waals surface area contributed by atoms with Gasteiger partial charge < -0.3 is 24.8 Å². The van der Waals surface area contributed by atoms with E-state index in [9.17, 15) is 0 Å². The number of rotatable bonds is 6. The first-order valence-electron chi connectivity index (χ1n) is 8.55. The maximum Gasteiger partial charge on any atom is 0.249 e. The van der Waals surface area contributed by atoms with Gasteiger partial charge in [-0.15, -0.1) is 5.10 Å². The number of anilines is 3. The molecule has 0 unspecified atom stereocenters. The van der Waals surface area contributed by atoms with Crippen LogP contribution in [-0.2, 0) is 6.54 Å². The molecule has 0 saturated heterocycles. The van der Waals surface area contributed by atoms with Gasteiger partial charge in [0.2, 0.25) is 12.7 Å². The summed E-state index contributed by atoms with van der Waals surface area (Å²) in [5, 5.41) is 15.0. The molecule has 4 rings (SSSR count). The molecule has 0 radical (unpaired) electrons. The zero-order chi connectivity index (χ0) is 19.5. The van der Waals surface area contributed by atoms with Gasteiger partial charge in [0, 0.05) is 17.6 Å². The molecule has 144 valence electrons. The van der Waals surface area contributed by atoms with Crippen molar-refractivity contribution < 1.29 is 14.2 Å². The Balaban J connectivity index is 1.47. The van der Waals surface area contributed by atoms with Crippen LogP contribution in [-0.4, -0.2) is 29.1 Å². The van der Waals surface area contributed by atoms with E-state index >= 15 is 0 Å². The highest BCUT2D eigenvalue weighted by Gasteiger charge is 2.13. The van der Waals surface area contributed by atoms with E-state index in [-0.39, 0.29) is 6.79 Å². The standard InChI is InChI=1S/C19H18ClN5O3/c1-11-5-14(16(26-2)7-13(11)20)23-19-24-18(9-22-25-19)21-8-12-3-4-15-17(6-12)28-10-27-15/h3-7,9H,8,10H2,1-2H3,(H2,21,23,24,25). The Kier molecular flexibility index (Phi) is 5.03. The van der Waals surface area contributed by atoms with Crippen molar-refractivity contribution in [3.63, 3.8) is 0 Å². The van der Waals surface area contributed by atoms with Gasteiger partial charge in [0.1, 0.15) is 5.75 Å². The van der Waals surface area contributed by atoms with Crippen LogP contribution in [0.3, 0.4) is 0 Å². The second kappa shape index (κ2) is 7.77. The van der Waals surface area contributed by atoms with Gasteiger partial charge in [-0.05, 0) is 36.2 Å². The zero-order valence-corrected chi connectivity index (χ0v) is 16.1. The van der Waals surface area contributed by atoms with Crippen molar-refractivity contribution in [1.82, 2.24) is 15.2 Å². The van der Waals surface area contributed by atoms with Gasteiger partial charge in [-0.3, -0.25) is 0 Å². The minimum absolute atomic E-state index is 0.255. The maximum absolute atomic E-state index is 6.15. The topological polar surface area (TPSA) is 90.4 Å². The Labute approximate surface area is 166 Å². The van der Waals surface area contributed by atoms with Crippen molar-refractivity contribution in [2.24, 2.45) is 0 Å². The summed E-state index contributed by atoms with van der Waals surface area (Å²) < 4.78 is 16.1. The van der Waals surface area contributed by atoms with Crippen LogP contribution < -0.4 is 24.8 Å². The van der Waals surface area contributed by atoms with Gasteiger partial charge in [0.25, 0.3) is 0 Å². The number of aryl methyl sites for hydroxylation is 1. The number of nitrogens with zero attached hydrogens (tertiary/aromatic N) is 3. The van der Waals surface area contributed by atoms with Crippen LogP contribution in [0.4, 0.5) is 17.5 Å². The number of fused-ring (bicyclic) bond motifs is 1. The van der Waals surface area contributed by atoms with Gasteiger partial charge in [-0.1, -0.05) is 17.7 Å². The minimum Gasteiger partial charge on any atom is -0.495 e. The number of nitrogens with one attached hydrogen (secondary N) is 2. The van der Waals surface area contributed by atoms with Gasteiger partial charge >= 0.3 is 0 Å². The normalized spacial score (nSPS) is 12.0. The smallest absolute Gasteiger partial charge is 0.249 e. The molecule has 0 bridgehead atoms. The number of benzene rings is 2. The summed E-state index contributed by atoms with van der Waals surface area (Å²) >= 11 is 6.15. The second-order valence-corrected chi connectivity index (χ2v) is 6.54. The number of hydrogen-bond donors (Lipinski definition) is 2. The third-order valence-corrected chi connectivity index (χ3v) is 4.60. The van der Waals surface area contributed by atoms with E-state index in [0.717, 1.165) is 22.6 Å². The van der Waals surface area contributed by atoms with E-state index in [4.69, 9.17) is 25.8 Å². The van der Waals surface area contributed by atoms with Crippen LogP contribution in [0.1, 0.15) is 11.1 Å². The van der Waals surface area contributed by atoms with Crippen LogP contribution in [0.5, 0.6) is 17.2 Å².